The van der Waals surface area contributed by atoms with Gasteiger partial charge in [-0.25, -0.2) is 0 Å². The van der Waals surface area contributed by atoms with Crippen LogP contribution in [0.5, 0.6) is 10.1 Å². The minimum atomic E-state index is -5.67. The molecule has 35 heavy (non-hydrogen) atoms. The molecule has 5 rings (SSSR count). The Kier molecular flexibility index (Phi) is 5.86. The molecular weight excluding hydrogens is 551 g/mol. The summed E-state index contributed by atoms with van der Waals surface area (Å²) in [6.45, 7) is 0. The van der Waals surface area contributed by atoms with Crippen molar-refractivity contribution in [3.8, 4) is 29.6 Å². The van der Waals surface area contributed by atoms with Crippen LogP contribution in [0.25, 0.3) is 30.7 Å². The molecule has 0 fully saturated rings. The van der Waals surface area contributed by atoms with Gasteiger partial charge in [-0.15, -0.1) is 22.7 Å². The highest BCUT2D eigenvalue weighted by molar-refractivity contribution is 7.23. The molecule has 1 aliphatic carbocycles. The first kappa shape index (κ1) is 24.4. The average molecular weight is 565 g/mol. The second-order valence-electron chi connectivity index (χ2n) is 7.46. The van der Waals surface area contributed by atoms with Crippen LogP contribution in [0.1, 0.15) is 11.1 Å². The van der Waals surface area contributed by atoms with Crippen LogP contribution in [0.4, 0.5) is 26.3 Å². The molecule has 0 N–H and O–H groups in total. The van der Waals surface area contributed by atoms with Gasteiger partial charge in [0.1, 0.15) is 0 Å². The number of alkyl halides is 6. The number of thiophene rings is 4. The molecule has 0 aliphatic heterocycles. The lowest BCUT2D eigenvalue weighted by molar-refractivity contribution is -0.254. The SMILES string of the molecule is COc1sc(-c2cccs2)cc1C1=C(c2cc(-c3cccs3)sc2OC)C(F)(F)C(F)(F)C1(F)F. The summed E-state index contributed by atoms with van der Waals surface area (Å²) >= 11 is 4.43. The molecule has 0 amide bonds. The maximum atomic E-state index is 15.3. The molecular formula is C23H14F6O2S4. The molecule has 0 spiro atoms. The highest BCUT2D eigenvalue weighted by Crippen LogP contribution is 2.67. The van der Waals surface area contributed by atoms with Gasteiger partial charge in [0, 0.05) is 41.8 Å². The lowest BCUT2D eigenvalue weighted by Gasteiger charge is -2.25. The second kappa shape index (κ2) is 8.39. The molecule has 2 nitrogen and oxygen atoms in total. The van der Waals surface area contributed by atoms with Crippen LogP contribution in [0.15, 0.2) is 47.2 Å². The van der Waals surface area contributed by atoms with Gasteiger partial charge in [-0.3, -0.25) is 0 Å². The summed E-state index contributed by atoms with van der Waals surface area (Å²) in [5, 5.41) is 3.17. The van der Waals surface area contributed by atoms with Crippen LogP contribution in [-0.4, -0.2) is 32.0 Å². The Labute approximate surface area is 211 Å². The van der Waals surface area contributed by atoms with E-state index in [1.54, 1.807) is 35.0 Å². The van der Waals surface area contributed by atoms with Crippen LogP contribution >= 0.6 is 45.3 Å². The van der Waals surface area contributed by atoms with Crippen molar-refractivity contribution >= 4 is 56.5 Å². The van der Waals surface area contributed by atoms with E-state index in [4.69, 9.17) is 9.47 Å². The van der Waals surface area contributed by atoms with Gasteiger partial charge in [0.15, 0.2) is 10.1 Å². The highest BCUT2D eigenvalue weighted by atomic mass is 32.1. The van der Waals surface area contributed by atoms with Crippen molar-refractivity contribution in [1.29, 1.82) is 0 Å². The summed E-state index contributed by atoms with van der Waals surface area (Å²) in [6, 6.07) is 9.28. The van der Waals surface area contributed by atoms with Gasteiger partial charge in [-0.2, -0.15) is 26.3 Å². The normalized spacial score (nSPS) is 18.3. The number of hydrogen-bond acceptors (Lipinski definition) is 6. The van der Waals surface area contributed by atoms with Crippen molar-refractivity contribution in [2.24, 2.45) is 0 Å². The van der Waals surface area contributed by atoms with E-state index in [0.717, 1.165) is 22.7 Å². The monoisotopic (exact) mass is 564 g/mol. The molecule has 0 bridgehead atoms. The Hall–Kier alpha value is -2.28. The van der Waals surface area contributed by atoms with E-state index in [9.17, 15) is 8.78 Å². The fourth-order valence-electron chi connectivity index (χ4n) is 3.91. The summed E-state index contributed by atoms with van der Waals surface area (Å²) in [6.07, 6.45) is 0. The van der Waals surface area contributed by atoms with Gasteiger partial charge in [0.25, 0.3) is 0 Å². The van der Waals surface area contributed by atoms with Crippen LogP contribution in [-0.2, 0) is 0 Å². The first-order chi connectivity index (χ1) is 16.5. The van der Waals surface area contributed by atoms with Crippen molar-refractivity contribution in [3.05, 3.63) is 58.3 Å². The zero-order chi connectivity index (χ0) is 25.2. The minimum Gasteiger partial charge on any atom is -0.487 e. The predicted molar refractivity (Wildman–Crippen MR) is 130 cm³/mol. The van der Waals surface area contributed by atoms with E-state index in [1.807, 2.05) is 0 Å². The zero-order valence-electron chi connectivity index (χ0n) is 17.8. The molecule has 4 aromatic heterocycles. The van der Waals surface area contributed by atoms with E-state index < -0.39 is 40.0 Å². The Morgan fingerprint density at radius 1 is 0.629 bits per heavy atom. The van der Waals surface area contributed by atoms with Crippen LogP contribution in [0.2, 0.25) is 0 Å². The molecule has 12 heteroatoms. The molecule has 1 aliphatic rings. The number of ether oxygens (including phenoxy) is 2. The van der Waals surface area contributed by atoms with Crippen molar-refractivity contribution in [1.82, 2.24) is 0 Å². The van der Waals surface area contributed by atoms with Crippen molar-refractivity contribution in [2.75, 3.05) is 14.2 Å². The summed E-state index contributed by atoms with van der Waals surface area (Å²) in [7, 11) is 2.36. The van der Waals surface area contributed by atoms with Crippen LogP contribution < -0.4 is 9.47 Å². The number of allylic oxidation sites excluding steroid dienone is 2. The Balaban J connectivity index is 1.83. The second-order valence-corrected chi connectivity index (χ2v) is 11.4. The van der Waals surface area contributed by atoms with Crippen molar-refractivity contribution < 1.29 is 35.8 Å². The fraction of sp³-hybridized carbons (Fsp3) is 0.217. The fourth-order valence-corrected chi connectivity index (χ4v) is 7.52. The summed E-state index contributed by atoms with van der Waals surface area (Å²) < 4.78 is 101. The number of hydrogen-bond donors (Lipinski definition) is 0. The average Bonchev–Trinajstić information content (AvgIpc) is 3.61. The zero-order valence-corrected chi connectivity index (χ0v) is 21.1. The molecule has 4 heterocycles. The molecule has 0 saturated carbocycles. The van der Waals surface area contributed by atoms with E-state index in [1.165, 1.54) is 49.0 Å². The third-order valence-electron chi connectivity index (χ3n) is 5.50. The van der Waals surface area contributed by atoms with E-state index in [2.05, 4.69) is 0 Å². The highest BCUT2D eigenvalue weighted by Gasteiger charge is 2.80. The van der Waals surface area contributed by atoms with Crippen LogP contribution in [0.3, 0.4) is 0 Å². The van der Waals surface area contributed by atoms with Crippen molar-refractivity contribution in [2.45, 2.75) is 17.8 Å². The Bertz CT molecular complexity index is 1290. The molecule has 0 saturated heterocycles. The number of halogens is 6. The predicted octanol–water partition coefficient (Wildman–Crippen LogP) is 9.11. The van der Waals surface area contributed by atoms with Gasteiger partial charge < -0.3 is 9.47 Å². The standard InChI is InChI=1S/C23H14F6O2S4/c1-30-19-11(9-15(34-19)13-5-3-7-32-13)17-18(22(26,27)23(28,29)21(17,24)25)12-10-16(35-20(12)31-2)14-6-4-8-33-14/h3-10H,1-2H3. The van der Waals surface area contributed by atoms with Crippen molar-refractivity contribution in [3.63, 3.8) is 0 Å². The summed E-state index contributed by atoms with van der Waals surface area (Å²) in [4.78, 5) is 2.19. The van der Waals surface area contributed by atoms with E-state index in [0.29, 0.717) is 19.5 Å². The first-order valence-electron chi connectivity index (χ1n) is 9.87. The smallest absolute Gasteiger partial charge is 0.380 e. The number of rotatable bonds is 6. The quantitative estimate of drug-likeness (QED) is 0.218. The van der Waals surface area contributed by atoms with Crippen LogP contribution in [0, 0.1) is 0 Å². The van der Waals surface area contributed by atoms with E-state index >= 15 is 17.6 Å². The Morgan fingerprint density at radius 2 is 1.03 bits per heavy atom. The largest absolute Gasteiger partial charge is 0.487 e. The molecule has 0 radical (unpaired) electrons. The molecule has 0 aromatic carbocycles. The molecule has 0 atom stereocenters. The third-order valence-corrected chi connectivity index (χ3v) is 9.82. The van der Waals surface area contributed by atoms with Gasteiger partial charge >= 0.3 is 17.8 Å². The molecule has 0 unspecified atom stereocenters. The third kappa shape index (κ3) is 3.48. The minimum absolute atomic E-state index is 0.165. The lowest BCUT2D eigenvalue weighted by Crippen LogP contribution is -2.48. The maximum Gasteiger partial charge on any atom is 0.380 e. The number of methoxy groups -OCH3 is 2. The lowest BCUT2D eigenvalue weighted by atomic mass is 9.97. The van der Waals surface area contributed by atoms with Gasteiger partial charge in [-0.1, -0.05) is 34.8 Å². The summed E-state index contributed by atoms with van der Waals surface area (Å²) in [5.41, 5.74) is -3.91. The van der Waals surface area contributed by atoms with Gasteiger partial charge in [0.05, 0.1) is 14.2 Å². The van der Waals surface area contributed by atoms with Gasteiger partial charge in [0.2, 0.25) is 0 Å². The molecule has 4 aromatic rings. The van der Waals surface area contributed by atoms with Gasteiger partial charge in [-0.05, 0) is 35.0 Å². The maximum absolute atomic E-state index is 15.3. The molecule has 184 valence electrons. The Morgan fingerprint density at radius 3 is 1.34 bits per heavy atom. The first-order valence-corrected chi connectivity index (χ1v) is 13.3. The topological polar surface area (TPSA) is 18.5 Å². The van der Waals surface area contributed by atoms with E-state index in [-0.39, 0.29) is 10.1 Å². The summed E-state index contributed by atoms with van der Waals surface area (Å²) in [5.74, 6) is -16.0.